The van der Waals surface area contributed by atoms with Crippen LogP contribution in [0, 0.1) is 0 Å². The second-order valence-electron chi connectivity index (χ2n) is 22.9. The van der Waals surface area contributed by atoms with Gasteiger partial charge in [0.25, 0.3) is 0 Å². The van der Waals surface area contributed by atoms with Gasteiger partial charge in [0.1, 0.15) is 48.8 Å². The third-order valence-corrected chi connectivity index (χ3v) is 15.9. The van der Waals surface area contributed by atoms with Crippen molar-refractivity contribution in [3.63, 3.8) is 0 Å². The first-order chi connectivity index (χ1) is 38.1. The summed E-state index contributed by atoms with van der Waals surface area (Å²) in [7, 11) is 0. The van der Waals surface area contributed by atoms with E-state index < -0.39 is 86.8 Å². The van der Waals surface area contributed by atoms with Crippen molar-refractivity contribution >= 4 is 5.91 Å². The zero-order chi connectivity index (χ0) is 56.7. The highest BCUT2D eigenvalue weighted by Gasteiger charge is 2.51. The Labute approximate surface area is 474 Å². The van der Waals surface area contributed by atoms with Crippen molar-refractivity contribution in [1.82, 2.24) is 5.32 Å². The summed E-state index contributed by atoms with van der Waals surface area (Å²) in [5.41, 5.74) is 0. The average Bonchev–Trinajstić information content (AvgIpc) is 3.44. The maximum Gasteiger partial charge on any atom is 0.220 e. The van der Waals surface area contributed by atoms with Gasteiger partial charge in [0.2, 0.25) is 5.91 Å². The van der Waals surface area contributed by atoms with E-state index >= 15 is 0 Å². The Kier molecular flexibility index (Phi) is 46.2. The summed E-state index contributed by atoms with van der Waals surface area (Å²) >= 11 is 0. The minimum Gasteiger partial charge on any atom is -0.394 e. The number of carbonyl (C=O) groups excluding carboxylic acids is 1. The van der Waals surface area contributed by atoms with Crippen LogP contribution in [-0.4, -0.2) is 140 Å². The number of aliphatic hydroxyl groups excluding tert-OH is 8. The second kappa shape index (κ2) is 49.8. The van der Waals surface area contributed by atoms with E-state index in [1.165, 1.54) is 180 Å². The van der Waals surface area contributed by atoms with Crippen molar-refractivity contribution in [3.8, 4) is 0 Å². The van der Waals surface area contributed by atoms with E-state index in [1.807, 2.05) is 0 Å². The van der Waals surface area contributed by atoms with Crippen molar-refractivity contribution in [2.24, 2.45) is 0 Å². The van der Waals surface area contributed by atoms with Gasteiger partial charge in [0.15, 0.2) is 12.6 Å². The molecule has 0 radical (unpaired) electrons. The maximum absolute atomic E-state index is 13.2. The molecule has 0 aliphatic carbocycles. The molecule has 2 fully saturated rings. The van der Waals surface area contributed by atoms with Gasteiger partial charge in [-0.1, -0.05) is 249 Å². The van der Waals surface area contributed by atoms with Crippen LogP contribution in [0.3, 0.4) is 0 Å². The molecular formula is C64H119NO13. The van der Waals surface area contributed by atoms with Crippen molar-refractivity contribution in [1.29, 1.82) is 0 Å². The predicted molar refractivity (Wildman–Crippen MR) is 314 cm³/mol. The predicted octanol–water partition coefficient (Wildman–Crippen LogP) is 11.8. The zero-order valence-electron chi connectivity index (χ0n) is 49.4. The van der Waals surface area contributed by atoms with Crippen LogP contribution in [0.5, 0.6) is 0 Å². The van der Waals surface area contributed by atoms with E-state index in [1.54, 1.807) is 0 Å². The molecule has 0 aromatic carbocycles. The lowest BCUT2D eigenvalue weighted by molar-refractivity contribution is -0.359. The summed E-state index contributed by atoms with van der Waals surface area (Å²) in [6, 6.07) is -0.825. The molecule has 12 unspecified atom stereocenters. The molecule has 2 heterocycles. The van der Waals surface area contributed by atoms with Crippen molar-refractivity contribution in [2.45, 2.75) is 344 Å². The highest BCUT2D eigenvalue weighted by molar-refractivity contribution is 5.76. The quantitative estimate of drug-likeness (QED) is 0.0204. The monoisotopic (exact) mass is 1110 g/mol. The van der Waals surface area contributed by atoms with Gasteiger partial charge < -0.3 is 65.1 Å². The molecule has 2 aliphatic heterocycles. The molecule has 14 nitrogen and oxygen atoms in total. The number of amides is 1. The van der Waals surface area contributed by atoms with Crippen LogP contribution >= 0.6 is 0 Å². The Morgan fingerprint density at radius 2 is 0.846 bits per heavy atom. The van der Waals surface area contributed by atoms with E-state index in [-0.39, 0.29) is 12.5 Å². The third-order valence-electron chi connectivity index (χ3n) is 15.9. The smallest absolute Gasteiger partial charge is 0.220 e. The standard InChI is InChI=1S/C64H119NO13/c1-3-5-7-9-11-13-14-15-16-17-18-19-20-21-22-23-24-25-26-27-28-29-30-31-32-33-34-35-36-37-38-40-42-44-46-48-56(69)65-52(53(68)47-45-43-41-39-12-10-8-6-4-2)51-75-63-61(74)59(72)62(55(50-67)77-63)78-64-60(73)58(71)57(70)54(49-66)76-64/h14-15,17-18,20-21,52-55,57-64,66-68,70-74H,3-13,16,19,22-51H2,1-2H3,(H,65,69)/b15-14-,18-17-,21-20-. The molecule has 78 heavy (non-hydrogen) atoms. The molecule has 2 saturated heterocycles. The molecule has 2 rings (SSSR count). The summed E-state index contributed by atoms with van der Waals surface area (Å²) in [6.07, 6.45) is 44.8. The minimum absolute atomic E-state index is 0.206. The van der Waals surface area contributed by atoms with E-state index in [2.05, 4.69) is 55.6 Å². The lowest BCUT2D eigenvalue weighted by atomic mass is 9.97. The molecule has 0 aromatic rings. The van der Waals surface area contributed by atoms with E-state index in [9.17, 15) is 45.6 Å². The van der Waals surface area contributed by atoms with Crippen LogP contribution < -0.4 is 5.32 Å². The van der Waals surface area contributed by atoms with Crippen LogP contribution in [0.4, 0.5) is 0 Å². The molecule has 1 amide bonds. The lowest BCUT2D eigenvalue weighted by Gasteiger charge is -2.46. The van der Waals surface area contributed by atoms with Gasteiger partial charge in [0, 0.05) is 6.42 Å². The summed E-state index contributed by atoms with van der Waals surface area (Å²) in [6.45, 7) is 2.83. The van der Waals surface area contributed by atoms with E-state index in [4.69, 9.17) is 18.9 Å². The van der Waals surface area contributed by atoms with Crippen molar-refractivity contribution in [2.75, 3.05) is 19.8 Å². The Morgan fingerprint density at radius 3 is 1.29 bits per heavy atom. The largest absolute Gasteiger partial charge is 0.394 e. The summed E-state index contributed by atoms with van der Waals surface area (Å²) in [4.78, 5) is 13.2. The van der Waals surface area contributed by atoms with Gasteiger partial charge in [-0.2, -0.15) is 0 Å². The average molecular weight is 1110 g/mol. The van der Waals surface area contributed by atoms with Crippen molar-refractivity contribution < 1.29 is 64.6 Å². The first-order valence-corrected chi connectivity index (χ1v) is 32.2. The number of nitrogens with one attached hydrogen (secondary N) is 1. The molecule has 9 N–H and O–H groups in total. The first kappa shape index (κ1) is 72.3. The second-order valence-corrected chi connectivity index (χ2v) is 22.9. The van der Waals surface area contributed by atoms with Crippen LogP contribution in [0.1, 0.15) is 271 Å². The Hall–Kier alpha value is -1.79. The van der Waals surface area contributed by atoms with Gasteiger partial charge in [-0.25, -0.2) is 0 Å². The van der Waals surface area contributed by atoms with Gasteiger partial charge in [-0.3, -0.25) is 4.79 Å². The van der Waals surface area contributed by atoms with Gasteiger partial charge in [-0.15, -0.1) is 0 Å². The molecule has 14 heteroatoms. The summed E-state index contributed by atoms with van der Waals surface area (Å²) < 4.78 is 22.8. The molecule has 0 spiro atoms. The fourth-order valence-electron chi connectivity index (χ4n) is 10.7. The number of rotatable bonds is 52. The molecule has 0 aromatic heterocycles. The summed E-state index contributed by atoms with van der Waals surface area (Å²) in [5.74, 6) is -0.206. The van der Waals surface area contributed by atoms with Gasteiger partial charge >= 0.3 is 0 Å². The first-order valence-electron chi connectivity index (χ1n) is 32.2. The van der Waals surface area contributed by atoms with Crippen LogP contribution in [-0.2, 0) is 23.7 Å². The molecule has 12 atom stereocenters. The number of hydrogen-bond acceptors (Lipinski definition) is 13. The fraction of sp³-hybridized carbons (Fsp3) is 0.891. The Bertz CT molecular complexity index is 1450. The molecular weight excluding hydrogens is 991 g/mol. The molecule has 2 aliphatic rings. The Morgan fingerprint density at radius 1 is 0.462 bits per heavy atom. The van der Waals surface area contributed by atoms with E-state index in [0.717, 1.165) is 64.2 Å². The molecule has 0 bridgehead atoms. The van der Waals surface area contributed by atoms with Gasteiger partial charge in [0.05, 0.1) is 32.0 Å². The summed E-state index contributed by atoms with van der Waals surface area (Å²) in [5, 5.41) is 87.0. The topological polar surface area (TPSA) is 228 Å². The number of aliphatic hydroxyl groups is 8. The number of hydrogen-bond donors (Lipinski definition) is 9. The number of allylic oxidation sites excluding steroid dienone is 6. The normalized spacial score (nSPS) is 24.7. The fourth-order valence-corrected chi connectivity index (χ4v) is 10.7. The SMILES string of the molecule is CCCCCCC/C=C\C/C=C\C/C=C\CCCCCCCCCCCCCCCCCCCCCCC(=O)NC(COC1OC(CO)C(OC2OC(CO)C(O)C(O)C2O)C(O)C1O)C(O)CCCCCCCCCCC. The van der Waals surface area contributed by atoms with E-state index in [0.29, 0.717) is 12.8 Å². The molecule has 458 valence electrons. The van der Waals surface area contributed by atoms with Gasteiger partial charge in [-0.05, 0) is 51.4 Å². The lowest BCUT2D eigenvalue weighted by Crippen LogP contribution is -2.65. The zero-order valence-corrected chi connectivity index (χ0v) is 49.4. The number of ether oxygens (including phenoxy) is 4. The highest BCUT2D eigenvalue weighted by Crippen LogP contribution is 2.30. The van der Waals surface area contributed by atoms with Crippen molar-refractivity contribution in [3.05, 3.63) is 36.5 Å². The highest BCUT2D eigenvalue weighted by atomic mass is 16.7. The van der Waals surface area contributed by atoms with Crippen LogP contribution in [0.25, 0.3) is 0 Å². The van der Waals surface area contributed by atoms with Crippen LogP contribution in [0.2, 0.25) is 0 Å². The number of carbonyl (C=O) groups is 1. The van der Waals surface area contributed by atoms with Crippen LogP contribution in [0.15, 0.2) is 36.5 Å². The minimum atomic E-state index is -1.78. The molecule has 0 saturated carbocycles. The maximum atomic E-state index is 13.2. The Balaban J connectivity index is 1.56. The number of unbranched alkanes of at least 4 members (excludes halogenated alkanes) is 33. The third kappa shape index (κ3) is 34.6.